The van der Waals surface area contributed by atoms with E-state index in [0.717, 1.165) is 45.2 Å². The van der Waals surface area contributed by atoms with Crippen LogP contribution in [0, 0.1) is 6.92 Å². The van der Waals surface area contributed by atoms with Crippen molar-refractivity contribution in [3.63, 3.8) is 0 Å². The first-order chi connectivity index (χ1) is 15.6. The van der Waals surface area contributed by atoms with Gasteiger partial charge in [0.1, 0.15) is 0 Å². The molecule has 0 atom stereocenters. The first-order valence-electron chi connectivity index (χ1n) is 10.3. The minimum atomic E-state index is -0.0691. The molecule has 32 heavy (non-hydrogen) atoms. The van der Waals surface area contributed by atoms with E-state index in [1.54, 1.807) is 11.3 Å². The van der Waals surface area contributed by atoms with Crippen LogP contribution in [-0.2, 0) is 17.9 Å². The van der Waals surface area contributed by atoms with E-state index in [9.17, 15) is 4.79 Å². The molecule has 4 rings (SSSR count). The van der Waals surface area contributed by atoms with Crippen molar-refractivity contribution < 1.29 is 4.79 Å². The van der Waals surface area contributed by atoms with Gasteiger partial charge in [0, 0.05) is 23.2 Å². The Morgan fingerprint density at radius 1 is 1.09 bits per heavy atom. The number of anilines is 2. The van der Waals surface area contributed by atoms with E-state index in [4.69, 9.17) is 0 Å². The number of aryl methyl sites for hydroxylation is 1. The predicted molar refractivity (Wildman–Crippen MR) is 131 cm³/mol. The summed E-state index contributed by atoms with van der Waals surface area (Å²) in [6.45, 7) is 5.29. The highest BCUT2D eigenvalue weighted by molar-refractivity contribution is 7.99. The lowest BCUT2D eigenvalue weighted by atomic mass is 10.2. The lowest BCUT2D eigenvalue weighted by molar-refractivity contribution is -0.113. The predicted octanol–water partition coefficient (Wildman–Crippen LogP) is 5.07. The van der Waals surface area contributed by atoms with Crippen molar-refractivity contribution in [3.05, 3.63) is 71.4 Å². The van der Waals surface area contributed by atoms with Crippen molar-refractivity contribution in [2.45, 2.75) is 32.1 Å². The molecule has 9 heteroatoms. The summed E-state index contributed by atoms with van der Waals surface area (Å²) >= 11 is 2.94. The van der Waals surface area contributed by atoms with Gasteiger partial charge in [-0.3, -0.25) is 4.79 Å². The largest absolute Gasteiger partial charge is 0.354 e. The van der Waals surface area contributed by atoms with Crippen molar-refractivity contribution >= 4 is 39.8 Å². The van der Waals surface area contributed by atoms with Crippen LogP contribution in [0.3, 0.4) is 0 Å². The van der Waals surface area contributed by atoms with Gasteiger partial charge in [-0.2, -0.15) is 0 Å². The fourth-order valence-electron chi connectivity index (χ4n) is 3.09. The van der Waals surface area contributed by atoms with Gasteiger partial charge >= 0.3 is 0 Å². The maximum atomic E-state index is 12.3. The van der Waals surface area contributed by atoms with E-state index in [-0.39, 0.29) is 11.7 Å². The second-order valence-electron chi connectivity index (χ2n) is 7.10. The molecule has 0 bridgehead atoms. The number of carbonyl (C=O) groups is 1. The average molecular weight is 465 g/mol. The molecule has 0 saturated heterocycles. The summed E-state index contributed by atoms with van der Waals surface area (Å²) in [4.78, 5) is 17.0. The zero-order chi connectivity index (χ0) is 22.3. The second-order valence-corrected chi connectivity index (χ2v) is 8.90. The van der Waals surface area contributed by atoms with E-state index in [1.165, 1.54) is 11.8 Å². The topological polar surface area (TPSA) is 84.7 Å². The smallest absolute Gasteiger partial charge is 0.234 e. The molecule has 0 saturated carbocycles. The SMILES string of the molecule is CCn1c(CNc2nc(-c3ccccc3)cs2)nnc1SCC(=O)Nc1ccc(C)cc1. The Kier molecular flexibility index (Phi) is 7.18. The number of rotatable bonds is 9. The first kappa shape index (κ1) is 22.0. The van der Waals surface area contributed by atoms with Gasteiger partial charge in [0.2, 0.25) is 5.91 Å². The third kappa shape index (κ3) is 5.54. The van der Waals surface area contributed by atoms with Gasteiger partial charge in [-0.1, -0.05) is 59.8 Å². The molecule has 2 N–H and O–H groups in total. The first-order valence-corrected chi connectivity index (χ1v) is 12.1. The number of aromatic nitrogens is 4. The molecule has 2 heterocycles. The number of benzene rings is 2. The standard InChI is InChI=1S/C23H24N6OS2/c1-3-29-20(13-24-22-26-19(14-31-22)17-7-5-4-6-8-17)27-28-23(29)32-15-21(30)25-18-11-9-16(2)10-12-18/h4-12,14H,3,13,15H2,1-2H3,(H,24,26)(H,25,30). The number of thiazole rings is 1. The molecule has 1 amide bonds. The molecule has 2 aromatic carbocycles. The van der Waals surface area contributed by atoms with Gasteiger partial charge in [0.25, 0.3) is 0 Å². The highest BCUT2D eigenvalue weighted by atomic mass is 32.2. The molecule has 0 aliphatic heterocycles. The molecule has 0 radical (unpaired) electrons. The Hall–Kier alpha value is -3.17. The number of nitrogens with one attached hydrogen (secondary N) is 2. The molecule has 0 unspecified atom stereocenters. The van der Waals surface area contributed by atoms with Crippen molar-refractivity contribution in [1.82, 2.24) is 19.7 Å². The molecular formula is C23H24N6OS2. The van der Waals surface area contributed by atoms with Crippen LogP contribution in [-0.4, -0.2) is 31.4 Å². The fourth-order valence-corrected chi connectivity index (χ4v) is 4.63. The van der Waals surface area contributed by atoms with Crippen molar-refractivity contribution in [1.29, 1.82) is 0 Å². The van der Waals surface area contributed by atoms with E-state index < -0.39 is 0 Å². The summed E-state index contributed by atoms with van der Waals surface area (Å²) in [5, 5.41) is 18.4. The maximum Gasteiger partial charge on any atom is 0.234 e. The normalized spacial score (nSPS) is 10.8. The lowest BCUT2D eigenvalue weighted by Gasteiger charge is -2.08. The van der Waals surface area contributed by atoms with Crippen molar-refractivity contribution in [2.24, 2.45) is 0 Å². The van der Waals surface area contributed by atoms with Crippen LogP contribution in [0.5, 0.6) is 0 Å². The Morgan fingerprint density at radius 2 is 1.88 bits per heavy atom. The lowest BCUT2D eigenvalue weighted by Crippen LogP contribution is -2.15. The zero-order valence-electron chi connectivity index (χ0n) is 17.9. The number of nitrogens with zero attached hydrogens (tertiary/aromatic N) is 4. The minimum absolute atomic E-state index is 0.0691. The third-order valence-corrected chi connectivity index (χ3v) is 6.52. The summed E-state index contributed by atoms with van der Waals surface area (Å²) in [6, 6.07) is 17.8. The third-order valence-electron chi connectivity index (χ3n) is 4.75. The Balaban J connectivity index is 1.33. The van der Waals surface area contributed by atoms with Crippen LogP contribution >= 0.6 is 23.1 Å². The summed E-state index contributed by atoms with van der Waals surface area (Å²) in [7, 11) is 0. The number of amides is 1. The summed E-state index contributed by atoms with van der Waals surface area (Å²) in [5.41, 5.74) is 3.99. The second kappa shape index (κ2) is 10.4. The number of hydrogen-bond acceptors (Lipinski definition) is 7. The van der Waals surface area contributed by atoms with Crippen molar-refractivity contribution in [3.8, 4) is 11.3 Å². The highest BCUT2D eigenvalue weighted by Gasteiger charge is 2.14. The zero-order valence-corrected chi connectivity index (χ0v) is 19.5. The molecule has 0 aliphatic carbocycles. The van der Waals surface area contributed by atoms with E-state index in [1.807, 2.05) is 78.4 Å². The molecule has 0 fully saturated rings. The molecular weight excluding hydrogens is 440 g/mol. The summed E-state index contributed by atoms with van der Waals surface area (Å²) in [5.74, 6) is 1.01. The van der Waals surface area contributed by atoms with Gasteiger partial charge in [0.05, 0.1) is 18.0 Å². The van der Waals surface area contributed by atoms with Crippen LogP contribution in [0.2, 0.25) is 0 Å². The van der Waals surface area contributed by atoms with Gasteiger partial charge in [0.15, 0.2) is 16.1 Å². The molecule has 2 aromatic heterocycles. The quantitative estimate of drug-likeness (QED) is 0.336. The Bertz CT molecular complexity index is 1170. The Morgan fingerprint density at radius 3 is 2.62 bits per heavy atom. The molecule has 7 nitrogen and oxygen atoms in total. The van der Waals surface area contributed by atoms with Gasteiger partial charge < -0.3 is 15.2 Å². The number of thioether (sulfide) groups is 1. The number of carbonyl (C=O) groups excluding carboxylic acids is 1. The van der Waals surface area contributed by atoms with Crippen LogP contribution in [0.1, 0.15) is 18.3 Å². The average Bonchev–Trinajstić information content (AvgIpc) is 3.45. The monoisotopic (exact) mass is 464 g/mol. The van der Waals surface area contributed by atoms with Crippen LogP contribution in [0.25, 0.3) is 11.3 Å². The van der Waals surface area contributed by atoms with E-state index in [0.29, 0.717) is 6.54 Å². The van der Waals surface area contributed by atoms with Crippen LogP contribution in [0.4, 0.5) is 10.8 Å². The van der Waals surface area contributed by atoms with Gasteiger partial charge in [-0.25, -0.2) is 4.98 Å². The molecule has 0 aliphatic rings. The van der Waals surface area contributed by atoms with E-state index >= 15 is 0 Å². The van der Waals surface area contributed by atoms with Crippen LogP contribution < -0.4 is 10.6 Å². The summed E-state index contributed by atoms with van der Waals surface area (Å²) < 4.78 is 2.02. The maximum absolute atomic E-state index is 12.3. The molecule has 164 valence electrons. The number of hydrogen-bond donors (Lipinski definition) is 2. The highest BCUT2D eigenvalue weighted by Crippen LogP contribution is 2.25. The van der Waals surface area contributed by atoms with Gasteiger partial charge in [-0.15, -0.1) is 21.5 Å². The molecule has 4 aromatic rings. The van der Waals surface area contributed by atoms with Crippen LogP contribution in [0.15, 0.2) is 65.1 Å². The minimum Gasteiger partial charge on any atom is -0.354 e. The Labute approximate surface area is 195 Å². The fraction of sp³-hybridized carbons (Fsp3) is 0.217. The van der Waals surface area contributed by atoms with Gasteiger partial charge in [-0.05, 0) is 26.0 Å². The van der Waals surface area contributed by atoms with E-state index in [2.05, 4.69) is 25.8 Å². The summed E-state index contributed by atoms with van der Waals surface area (Å²) in [6.07, 6.45) is 0. The molecule has 0 spiro atoms. The van der Waals surface area contributed by atoms with Crippen molar-refractivity contribution in [2.75, 3.05) is 16.4 Å².